The van der Waals surface area contributed by atoms with E-state index in [9.17, 15) is 0 Å². The van der Waals surface area contributed by atoms with Crippen LogP contribution in [0.3, 0.4) is 0 Å². The maximum absolute atomic E-state index is 6.27. The highest BCUT2D eigenvalue weighted by Gasteiger charge is 2.13. The monoisotopic (exact) mass is 337 g/mol. The first kappa shape index (κ1) is 17.1. The molecule has 0 heterocycles. The Hall–Kier alpha value is -1.22. The van der Waals surface area contributed by atoms with Gasteiger partial charge in [0.15, 0.2) is 0 Å². The summed E-state index contributed by atoms with van der Waals surface area (Å²) >= 11 is 12.4. The molecule has 1 atom stereocenters. The third kappa shape index (κ3) is 4.64. The first-order chi connectivity index (χ1) is 10.5. The number of ether oxygens (including phenoxy) is 1. The maximum atomic E-state index is 6.27. The molecule has 2 nitrogen and oxygen atoms in total. The van der Waals surface area contributed by atoms with E-state index in [-0.39, 0.29) is 12.1 Å². The second kappa shape index (κ2) is 7.87. The van der Waals surface area contributed by atoms with E-state index in [1.54, 1.807) is 6.07 Å². The molecule has 0 aliphatic rings. The van der Waals surface area contributed by atoms with Crippen LogP contribution in [0.15, 0.2) is 42.5 Å². The van der Waals surface area contributed by atoms with Gasteiger partial charge in [-0.2, -0.15) is 0 Å². The molecule has 1 N–H and O–H groups in total. The highest BCUT2D eigenvalue weighted by Crippen LogP contribution is 2.33. The van der Waals surface area contributed by atoms with E-state index < -0.39 is 0 Å². The molecule has 0 saturated carbocycles. The molecular weight excluding hydrogens is 317 g/mol. The number of hydrogen-bond acceptors (Lipinski definition) is 2. The zero-order chi connectivity index (χ0) is 16.1. The van der Waals surface area contributed by atoms with Gasteiger partial charge in [-0.3, -0.25) is 0 Å². The van der Waals surface area contributed by atoms with Crippen LogP contribution in [0.1, 0.15) is 37.9 Å². The molecule has 2 aromatic rings. The van der Waals surface area contributed by atoms with Crippen LogP contribution >= 0.6 is 23.2 Å². The smallest absolute Gasteiger partial charge is 0.142 e. The van der Waals surface area contributed by atoms with Crippen molar-refractivity contribution in [2.45, 2.75) is 39.5 Å². The Balaban J connectivity index is 2.15. The van der Waals surface area contributed by atoms with Crippen molar-refractivity contribution in [2.24, 2.45) is 0 Å². The third-order valence-corrected chi connectivity index (χ3v) is 3.84. The van der Waals surface area contributed by atoms with Crippen molar-refractivity contribution in [3.63, 3.8) is 0 Å². The fraction of sp³-hybridized carbons (Fsp3) is 0.333. The van der Waals surface area contributed by atoms with Gasteiger partial charge in [0.2, 0.25) is 0 Å². The van der Waals surface area contributed by atoms with E-state index in [0.29, 0.717) is 22.3 Å². The molecule has 0 amide bonds. The number of hydrogen-bond donors (Lipinski definition) is 1. The van der Waals surface area contributed by atoms with Crippen molar-refractivity contribution in [3.05, 3.63) is 63.6 Å². The van der Waals surface area contributed by atoms with E-state index in [1.165, 1.54) is 5.56 Å². The second-order valence-corrected chi connectivity index (χ2v) is 6.40. The summed E-state index contributed by atoms with van der Waals surface area (Å²) < 4.78 is 5.84. The third-order valence-electron chi connectivity index (χ3n) is 3.34. The summed E-state index contributed by atoms with van der Waals surface area (Å²) in [6.45, 7) is 6.73. The number of nitrogens with one attached hydrogen (secondary N) is 1. The van der Waals surface area contributed by atoms with Gasteiger partial charge in [-0.15, -0.1) is 0 Å². The minimum atomic E-state index is 0.0592. The highest BCUT2D eigenvalue weighted by molar-refractivity contribution is 6.35. The van der Waals surface area contributed by atoms with Crippen LogP contribution in [0.5, 0.6) is 5.75 Å². The lowest BCUT2D eigenvalue weighted by Crippen LogP contribution is -2.19. The van der Waals surface area contributed by atoms with Gasteiger partial charge < -0.3 is 10.1 Å². The van der Waals surface area contributed by atoms with Gasteiger partial charge >= 0.3 is 0 Å². The molecule has 0 unspecified atom stereocenters. The van der Waals surface area contributed by atoms with Gasteiger partial charge in [0.1, 0.15) is 5.75 Å². The summed E-state index contributed by atoms with van der Waals surface area (Å²) in [5.41, 5.74) is 2.20. The fourth-order valence-corrected chi connectivity index (χ4v) is 2.82. The molecule has 0 aliphatic carbocycles. The van der Waals surface area contributed by atoms with Crippen molar-refractivity contribution < 1.29 is 4.74 Å². The topological polar surface area (TPSA) is 21.3 Å². The minimum Gasteiger partial charge on any atom is -0.489 e. The van der Waals surface area contributed by atoms with E-state index >= 15 is 0 Å². The van der Waals surface area contributed by atoms with Crippen LogP contribution in [0.4, 0.5) is 0 Å². The summed E-state index contributed by atoms with van der Waals surface area (Å²) in [7, 11) is 0. The molecule has 118 valence electrons. The molecule has 0 fully saturated rings. The molecule has 0 radical (unpaired) electrons. The Kier molecular flexibility index (Phi) is 6.13. The molecule has 0 bridgehead atoms. The van der Waals surface area contributed by atoms with Gasteiger partial charge in [-0.1, -0.05) is 53.5 Å². The van der Waals surface area contributed by atoms with E-state index in [1.807, 2.05) is 38.1 Å². The molecule has 0 aliphatic heterocycles. The summed E-state index contributed by atoms with van der Waals surface area (Å²) in [6.07, 6.45) is 0.0592. The Morgan fingerprint density at radius 3 is 2.36 bits per heavy atom. The second-order valence-electron chi connectivity index (χ2n) is 5.56. The summed E-state index contributed by atoms with van der Waals surface area (Å²) in [6, 6.07) is 14.1. The molecule has 2 aromatic carbocycles. The molecule has 22 heavy (non-hydrogen) atoms. The van der Waals surface area contributed by atoms with Crippen LogP contribution in [0, 0.1) is 0 Å². The first-order valence-electron chi connectivity index (χ1n) is 7.40. The lowest BCUT2D eigenvalue weighted by Gasteiger charge is -2.19. The zero-order valence-corrected chi connectivity index (χ0v) is 14.6. The van der Waals surface area contributed by atoms with Gasteiger partial charge in [0.05, 0.1) is 11.1 Å². The maximum Gasteiger partial charge on any atom is 0.142 e. The minimum absolute atomic E-state index is 0.0592. The van der Waals surface area contributed by atoms with Gasteiger partial charge in [0, 0.05) is 23.2 Å². The van der Waals surface area contributed by atoms with Crippen LogP contribution in [0.2, 0.25) is 10.0 Å². The summed E-state index contributed by atoms with van der Waals surface area (Å²) in [5.74, 6) is 0.703. The molecule has 4 heteroatoms. The highest BCUT2D eigenvalue weighted by atomic mass is 35.5. The molecule has 0 aromatic heterocycles. The predicted octanol–water partition coefficient (Wildman–Crippen LogP) is 5.63. The average Bonchev–Trinajstić information content (AvgIpc) is 2.48. The molecule has 2 rings (SSSR count). The van der Waals surface area contributed by atoms with Crippen LogP contribution in [-0.2, 0) is 6.54 Å². The van der Waals surface area contributed by atoms with Gasteiger partial charge in [-0.05, 0) is 38.5 Å². The van der Waals surface area contributed by atoms with E-state index in [0.717, 1.165) is 5.56 Å². The van der Waals surface area contributed by atoms with Gasteiger partial charge in [0.25, 0.3) is 0 Å². The number of rotatable bonds is 6. The van der Waals surface area contributed by atoms with E-state index in [2.05, 4.69) is 24.4 Å². The van der Waals surface area contributed by atoms with Crippen LogP contribution < -0.4 is 10.1 Å². The number of halogens is 2. The average molecular weight is 338 g/mol. The zero-order valence-electron chi connectivity index (χ0n) is 13.1. The quantitative estimate of drug-likeness (QED) is 0.737. The lowest BCUT2D eigenvalue weighted by molar-refractivity contribution is 0.239. The van der Waals surface area contributed by atoms with Crippen molar-refractivity contribution in [1.82, 2.24) is 5.32 Å². The number of benzene rings is 2. The Morgan fingerprint density at radius 1 is 1.05 bits per heavy atom. The largest absolute Gasteiger partial charge is 0.489 e. The molecule has 0 saturated heterocycles. The van der Waals surface area contributed by atoms with Crippen molar-refractivity contribution in [1.29, 1.82) is 0 Å². The van der Waals surface area contributed by atoms with Crippen LogP contribution in [-0.4, -0.2) is 6.10 Å². The summed E-state index contributed by atoms with van der Waals surface area (Å²) in [5, 5.41) is 4.65. The fourth-order valence-electron chi connectivity index (χ4n) is 2.24. The SMILES string of the molecule is CC(C)Oc1c(Cl)cc(Cl)cc1CN[C@H](C)c1ccccc1. The summed E-state index contributed by atoms with van der Waals surface area (Å²) in [4.78, 5) is 0. The predicted molar refractivity (Wildman–Crippen MR) is 93.9 cm³/mol. The molecule has 0 spiro atoms. The van der Waals surface area contributed by atoms with E-state index in [4.69, 9.17) is 27.9 Å². The van der Waals surface area contributed by atoms with Crippen LogP contribution in [0.25, 0.3) is 0 Å². The first-order valence-corrected chi connectivity index (χ1v) is 8.16. The van der Waals surface area contributed by atoms with Gasteiger partial charge in [-0.25, -0.2) is 0 Å². The molecular formula is C18H21Cl2NO. The van der Waals surface area contributed by atoms with Crippen molar-refractivity contribution in [3.8, 4) is 5.75 Å². The lowest BCUT2D eigenvalue weighted by atomic mass is 10.1. The standard InChI is InChI=1S/C18H21Cl2NO/c1-12(2)22-18-15(9-16(19)10-17(18)20)11-21-13(3)14-7-5-4-6-8-14/h4-10,12-13,21H,11H2,1-3H3/t13-/m1/s1. The Morgan fingerprint density at radius 2 is 1.73 bits per heavy atom. The van der Waals surface area contributed by atoms with Crippen molar-refractivity contribution in [2.75, 3.05) is 0 Å². The Labute approximate surface area is 142 Å². The Bertz CT molecular complexity index is 614. The normalized spacial score (nSPS) is 12.5. The van der Waals surface area contributed by atoms with Crippen molar-refractivity contribution >= 4 is 23.2 Å².